The molecule has 0 heteroatoms. The summed E-state index contributed by atoms with van der Waals surface area (Å²) in [6, 6.07) is 0. The largest absolute Gasteiger partial charge is 0.0620 e. The predicted octanol–water partition coefficient (Wildman–Crippen LogP) is 4.45. The van der Waals surface area contributed by atoms with E-state index in [9.17, 15) is 0 Å². The van der Waals surface area contributed by atoms with Gasteiger partial charge in [-0.3, -0.25) is 0 Å². The van der Waals surface area contributed by atoms with E-state index in [0.29, 0.717) is 0 Å². The molecule has 0 amide bonds. The highest BCUT2D eigenvalue weighted by atomic mass is 14.4. The van der Waals surface area contributed by atoms with Crippen LogP contribution in [0.15, 0.2) is 0 Å². The molecule has 0 bridgehead atoms. The first-order valence-electron chi connectivity index (χ1n) is 6.62. The fraction of sp³-hybridized carbons (Fsp3) is 0.929. The average molecular weight is 193 g/mol. The first-order chi connectivity index (χ1) is 6.79. The molecule has 0 aliphatic heterocycles. The molecule has 2 saturated carbocycles. The summed E-state index contributed by atoms with van der Waals surface area (Å²) in [4.78, 5) is 0. The second kappa shape index (κ2) is 4.68. The van der Waals surface area contributed by atoms with Crippen LogP contribution >= 0.6 is 0 Å². The summed E-state index contributed by atoms with van der Waals surface area (Å²) in [5, 5.41) is 0. The van der Waals surface area contributed by atoms with E-state index in [2.05, 4.69) is 13.8 Å². The Kier molecular flexibility index (Phi) is 3.52. The van der Waals surface area contributed by atoms with Crippen molar-refractivity contribution in [3.63, 3.8) is 0 Å². The molecule has 2 aliphatic carbocycles. The van der Waals surface area contributed by atoms with Gasteiger partial charge in [-0.25, -0.2) is 0 Å². The minimum atomic E-state index is 0.751. The van der Waals surface area contributed by atoms with Crippen LogP contribution in [0.4, 0.5) is 0 Å². The lowest BCUT2D eigenvalue weighted by atomic mass is 9.76. The third kappa shape index (κ3) is 2.15. The Morgan fingerprint density at radius 2 is 1.29 bits per heavy atom. The highest BCUT2D eigenvalue weighted by Crippen LogP contribution is 2.41. The van der Waals surface area contributed by atoms with E-state index in [1.165, 1.54) is 51.4 Å². The topological polar surface area (TPSA) is 0 Å². The van der Waals surface area contributed by atoms with Crippen LogP contribution in [0.5, 0.6) is 0 Å². The Balaban J connectivity index is 1.85. The summed E-state index contributed by atoms with van der Waals surface area (Å²) < 4.78 is 0. The monoisotopic (exact) mass is 193 g/mol. The molecule has 0 aromatic carbocycles. The van der Waals surface area contributed by atoms with E-state index in [0.717, 1.165) is 23.7 Å². The summed E-state index contributed by atoms with van der Waals surface area (Å²) in [7, 11) is 0. The maximum Gasteiger partial charge on any atom is -0.0357 e. The quantitative estimate of drug-likeness (QED) is 0.621. The van der Waals surface area contributed by atoms with Crippen LogP contribution in [0, 0.1) is 30.6 Å². The highest BCUT2D eigenvalue weighted by molar-refractivity contribution is 4.85. The zero-order chi connectivity index (χ0) is 9.97. The van der Waals surface area contributed by atoms with E-state index in [4.69, 9.17) is 0 Å². The van der Waals surface area contributed by atoms with Gasteiger partial charge in [-0.2, -0.15) is 0 Å². The third-order valence-corrected chi connectivity index (χ3v) is 4.82. The van der Waals surface area contributed by atoms with Crippen LogP contribution < -0.4 is 0 Å². The minimum absolute atomic E-state index is 0.751. The average Bonchev–Trinajstić information content (AvgIpc) is 2.87. The van der Waals surface area contributed by atoms with Gasteiger partial charge in [-0.05, 0) is 30.6 Å². The predicted molar refractivity (Wildman–Crippen MR) is 61.9 cm³/mol. The van der Waals surface area contributed by atoms with E-state index >= 15 is 0 Å². The zero-order valence-corrected chi connectivity index (χ0v) is 9.67. The van der Waals surface area contributed by atoms with Crippen molar-refractivity contribution in [1.82, 2.24) is 0 Å². The summed E-state index contributed by atoms with van der Waals surface area (Å²) >= 11 is 0. The number of rotatable bonds is 3. The maximum absolute atomic E-state index is 4.46. The van der Waals surface area contributed by atoms with Gasteiger partial charge in [-0.15, -0.1) is 0 Å². The molecule has 2 rings (SSSR count). The first kappa shape index (κ1) is 10.5. The van der Waals surface area contributed by atoms with Crippen LogP contribution in [0.3, 0.4) is 0 Å². The highest BCUT2D eigenvalue weighted by Gasteiger charge is 2.31. The molecule has 0 saturated heterocycles. The molecule has 81 valence electrons. The van der Waals surface area contributed by atoms with Crippen LogP contribution in [0.2, 0.25) is 0 Å². The fourth-order valence-electron chi connectivity index (χ4n) is 3.65. The van der Waals surface area contributed by atoms with Crippen molar-refractivity contribution in [1.29, 1.82) is 0 Å². The van der Waals surface area contributed by atoms with Gasteiger partial charge in [0.2, 0.25) is 0 Å². The van der Waals surface area contributed by atoms with Crippen molar-refractivity contribution in [2.45, 2.75) is 58.3 Å². The lowest BCUT2D eigenvalue weighted by Crippen LogP contribution is -2.22. The van der Waals surface area contributed by atoms with Crippen molar-refractivity contribution in [2.24, 2.45) is 23.7 Å². The molecule has 0 aromatic rings. The zero-order valence-electron chi connectivity index (χ0n) is 9.67. The van der Waals surface area contributed by atoms with Crippen molar-refractivity contribution >= 4 is 0 Å². The Labute approximate surface area is 89.5 Å². The van der Waals surface area contributed by atoms with E-state index in [-0.39, 0.29) is 0 Å². The van der Waals surface area contributed by atoms with E-state index in [1.54, 1.807) is 0 Å². The first-order valence-corrected chi connectivity index (χ1v) is 6.62. The summed E-state index contributed by atoms with van der Waals surface area (Å²) in [6.45, 7) is 6.93. The third-order valence-electron chi connectivity index (χ3n) is 4.82. The summed E-state index contributed by atoms with van der Waals surface area (Å²) in [6.07, 6.45) is 11.8. The second-order valence-corrected chi connectivity index (χ2v) is 5.61. The summed E-state index contributed by atoms with van der Waals surface area (Å²) in [5.41, 5.74) is 0. The van der Waals surface area contributed by atoms with Gasteiger partial charge >= 0.3 is 0 Å². The van der Waals surface area contributed by atoms with E-state index < -0.39 is 0 Å². The molecule has 14 heavy (non-hydrogen) atoms. The molecule has 0 aromatic heterocycles. The van der Waals surface area contributed by atoms with Crippen LogP contribution in [0.1, 0.15) is 58.3 Å². The Morgan fingerprint density at radius 1 is 0.857 bits per heavy atom. The summed E-state index contributed by atoms with van der Waals surface area (Å²) in [5.74, 6) is 3.62. The molecule has 2 atom stereocenters. The Morgan fingerprint density at radius 3 is 1.79 bits per heavy atom. The molecular weight excluding hydrogens is 168 g/mol. The fourth-order valence-corrected chi connectivity index (χ4v) is 3.65. The number of hydrogen-bond donors (Lipinski definition) is 0. The molecule has 2 unspecified atom stereocenters. The Hall–Kier alpha value is 0. The van der Waals surface area contributed by atoms with Crippen molar-refractivity contribution in [3.8, 4) is 0 Å². The second-order valence-electron chi connectivity index (χ2n) is 5.61. The van der Waals surface area contributed by atoms with Gasteiger partial charge < -0.3 is 0 Å². The van der Waals surface area contributed by atoms with E-state index in [1.807, 2.05) is 0 Å². The lowest BCUT2D eigenvalue weighted by molar-refractivity contribution is 0.219. The SMILES string of the molecule is [CH2]C(C1CCCC1)C(C)C1CCCC1. The van der Waals surface area contributed by atoms with Gasteiger partial charge in [0, 0.05) is 0 Å². The van der Waals surface area contributed by atoms with Crippen LogP contribution in [-0.4, -0.2) is 0 Å². The smallest absolute Gasteiger partial charge is 0.0357 e. The van der Waals surface area contributed by atoms with Gasteiger partial charge in [0.25, 0.3) is 0 Å². The van der Waals surface area contributed by atoms with Crippen molar-refractivity contribution < 1.29 is 0 Å². The lowest BCUT2D eigenvalue weighted by Gasteiger charge is -2.30. The molecule has 2 fully saturated rings. The van der Waals surface area contributed by atoms with Gasteiger partial charge in [0.1, 0.15) is 0 Å². The van der Waals surface area contributed by atoms with Gasteiger partial charge in [0.05, 0.1) is 0 Å². The van der Waals surface area contributed by atoms with Crippen LogP contribution in [-0.2, 0) is 0 Å². The van der Waals surface area contributed by atoms with Gasteiger partial charge in [0.15, 0.2) is 0 Å². The molecule has 0 nitrogen and oxygen atoms in total. The molecule has 2 aliphatic rings. The van der Waals surface area contributed by atoms with Gasteiger partial charge in [-0.1, -0.05) is 58.3 Å². The van der Waals surface area contributed by atoms with Crippen LogP contribution in [0.25, 0.3) is 0 Å². The molecule has 1 radical (unpaired) electrons. The molecule has 0 spiro atoms. The van der Waals surface area contributed by atoms with Crippen molar-refractivity contribution in [3.05, 3.63) is 6.92 Å². The normalized spacial score (nSPS) is 29.6. The standard InChI is InChI=1S/C14H25/c1-11(13-7-3-4-8-13)12(2)14-9-5-6-10-14/h11-14H,1,3-10H2,2H3. The number of hydrogen-bond acceptors (Lipinski definition) is 0. The maximum atomic E-state index is 4.46. The minimum Gasteiger partial charge on any atom is -0.0620 e. The van der Waals surface area contributed by atoms with Crippen molar-refractivity contribution in [2.75, 3.05) is 0 Å². The molecule has 0 heterocycles. The Bertz CT molecular complexity index is 141. The molecular formula is C14H25. The molecule has 0 N–H and O–H groups in total.